The van der Waals surface area contributed by atoms with Gasteiger partial charge in [0, 0.05) is 10.6 Å². The lowest BCUT2D eigenvalue weighted by Gasteiger charge is -2.39. The zero-order chi connectivity index (χ0) is 13.6. The molecule has 2 aromatic rings. The van der Waals surface area contributed by atoms with Crippen molar-refractivity contribution in [1.82, 2.24) is 0 Å². The molecule has 3 nitrogen and oxygen atoms in total. The molecule has 1 saturated carbocycles. The van der Waals surface area contributed by atoms with E-state index in [-0.39, 0.29) is 5.75 Å². The lowest BCUT2D eigenvalue weighted by Crippen LogP contribution is -2.42. The van der Waals surface area contributed by atoms with Gasteiger partial charge in [0.2, 0.25) is 0 Å². The first kappa shape index (κ1) is 12.3. The molecule has 19 heavy (non-hydrogen) atoms. The molecule has 0 spiro atoms. The lowest BCUT2D eigenvalue weighted by atomic mass is 9.63. The summed E-state index contributed by atoms with van der Waals surface area (Å²) in [6.07, 6.45) is 2.00. The van der Waals surface area contributed by atoms with Crippen LogP contribution in [0.1, 0.15) is 24.8 Å². The van der Waals surface area contributed by atoms with E-state index in [1.807, 2.05) is 0 Å². The van der Waals surface area contributed by atoms with E-state index >= 15 is 0 Å². The predicted molar refractivity (Wildman–Crippen MR) is 73.8 cm³/mol. The highest BCUT2D eigenvalue weighted by atomic mass is 35.5. The van der Waals surface area contributed by atoms with E-state index in [4.69, 9.17) is 11.6 Å². The Balaban J connectivity index is 2.33. The molecule has 1 aliphatic carbocycles. The van der Waals surface area contributed by atoms with E-state index in [1.165, 1.54) is 0 Å². The number of aliphatic carboxylic acids is 1. The quantitative estimate of drug-likeness (QED) is 0.879. The van der Waals surface area contributed by atoms with E-state index in [0.717, 1.165) is 17.2 Å². The molecule has 0 heterocycles. The Bertz CT molecular complexity index is 674. The summed E-state index contributed by atoms with van der Waals surface area (Å²) in [6.45, 7) is 0. The Labute approximate surface area is 115 Å². The summed E-state index contributed by atoms with van der Waals surface area (Å²) in [6, 6.07) is 8.61. The van der Waals surface area contributed by atoms with Crippen LogP contribution in [0.3, 0.4) is 0 Å². The number of aromatic hydroxyl groups is 1. The van der Waals surface area contributed by atoms with Crippen LogP contribution >= 0.6 is 11.6 Å². The Morgan fingerprint density at radius 1 is 1.21 bits per heavy atom. The van der Waals surface area contributed by atoms with E-state index in [1.54, 1.807) is 30.3 Å². The number of hydrogen-bond donors (Lipinski definition) is 2. The van der Waals surface area contributed by atoms with Gasteiger partial charge in [0.05, 0.1) is 5.41 Å². The summed E-state index contributed by atoms with van der Waals surface area (Å²) >= 11 is 5.96. The largest absolute Gasteiger partial charge is 0.508 e. The monoisotopic (exact) mass is 276 g/mol. The van der Waals surface area contributed by atoms with Gasteiger partial charge in [-0.3, -0.25) is 4.79 Å². The lowest BCUT2D eigenvalue weighted by molar-refractivity contribution is -0.147. The number of benzene rings is 2. The molecule has 0 radical (unpaired) electrons. The van der Waals surface area contributed by atoms with Gasteiger partial charge >= 0.3 is 5.97 Å². The minimum absolute atomic E-state index is 0.0527. The first-order chi connectivity index (χ1) is 9.04. The molecule has 0 saturated heterocycles. The molecule has 0 bridgehead atoms. The van der Waals surface area contributed by atoms with Gasteiger partial charge < -0.3 is 10.2 Å². The third-order valence-electron chi connectivity index (χ3n) is 4.05. The fourth-order valence-corrected chi connectivity index (χ4v) is 3.07. The average Bonchev–Trinajstić information content (AvgIpc) is 2.30. The van der Waals surface area contributed by atoms with Gasteiger partial charge in [0.25, 0.3) is 0 Å². The molecule has 0 atom stereocenters. The zero-order valence-corrected chi connectivity index (χ0v) is 10.9. The number of carbonyl (C=O) groups is 1. The van der Waals surface area contributed by atoms with Crippen molar-refractivity contribution in [2.24, 2.45) is 0 Å². The highest BCUT2D eigenvalue weighted by Crippen LogP contribution is 2.49. The number of rotatable bonds is 2. The van der Waals surface area contributed by atoms with Gasteiger partial charge in [0.15, 0.2) is 0 Å². The molecule has 0 aliphatic heterocycles. The Kier molecular flexibility index (Phi) is 2.68. The Hall–Kier alpha value is -1.74. The maximum Gasteiger partial charge on any atom is 0.314 e. The second-order valence-corrected chi connectivity index (χ2v) is 5.50. The van der Waals surface area contributed by atoms with Crippen molar-refractivity contribution in [2.45, 2.75) is 24.7 Å². The second kappa shape index (κ2) is 4.14. The molecule has 0 unspecified atom stereocenters. The van der Waals surface area contributed by atoms with Crippen LogP contribution in [0.5, 0.6) is 5.75 Å². The third kappa shape index (κ3) is 1.69. The second-order valence-electron chi connectivity index (χ2n) is 5.07. The standard InChI is InChI=1S/C15H13ClO3/c16-10-3-4-11-9(8-10)2-5-12(17)13(11)15(14(18)19)6-1-7-15/h2-5,8,17H,1,6-7H2,(H,18,19). The van der Waals surface area contributed by atoms with Crippen molar-refractivity contribution >= 4 is 28.3 Å². The molecule has 0 aromatic heterocycles. The predicted octanol–water partition coefficient (Wildman–Crippen LogP) is 3.71. The number of phenols is 1. The molecule has 1 fully saturated rings. The summed E-state index contributed by atoms with van der Waals surface area (Å²) in [5.74, 6) is -0.812. The smallest absolute Gasteiger partial charge is 0.314 e. The first-order valence-electron chi connectivity index (χ1n) is 6.20. The van der Waals surface area contributed by atoms with E-state index in [9.17, 15) is 15.0 Å². The van der Waals surface area contributed by atoms with Crippen molar-refractivity contribution in [2.75, 3.05) is 0 Å². The first-order valence-corrected chi connectivity index (χ1v) is 6.57. The fourth-order valence-electron chi connectivity index (χ4n) is 2.89. The van der Waals surface area contributed by atoms with Crippen LogP contribution < -0.4 is 0 Å². The normalized spacial score (nSPS) is 17.1. The number of hydrogen-bond acceptors (Lipinski definition) is 2. The molecule has 2 aromatic carbocycles. The van der Waals surface area contributed by atoms with Crippen LogP contribution in [0.4, 0.5) is 0 Å². The molecular formula is C15H13ClO3. The number of fused-ring (bicyclic) bond motifs is 1. The van der Waals surface area contributed by atoms with Gasteiger partial charge in [-0.15, -0.1) is 0 Å². The maximum atomic E-state index is 11.6. The van der Waals surface area contributed by atoms with Crippen molar-refractivity contribution in [3.05, 3.63) is 40.9 Å². The van der Waals surface area contributed by atoms with Gasteiger partial charge in [-0.25, -0.2) is 0 Å². The highest BCUT2D eigenvalue weighted by molar-refractivity contribution is 6.31. The molecule has 2 N–H and O–H groups in total. The van der Waals surface area contributed by atoms with Gasteiger partial charge in [-0.05, 0) is 41.8 Å². The van der Waals surface area contributed by atoms with Crippen LogP contribution in [-0.4, -0.2) is 16.2 Å². The van der Waals surface area contributed by atoms with E-state index in [2.05, 4.69) is 0 Å². The number of carboxylic acids is 1. The molecule has 1 aliphatic rings. The molecular weight excluding hydrogens is 264 g/mol. The van der Waals surface area contributed by atoms with E-state index in [0.29, 0.717) is 23.4 Å². The molecule has 0 amide bonds. The number of halogens is 1. The molecule has 3 rings (SSSR count). The number of phenolic OH excluding ortho intramolecular Hbond substituents is 1. The summed E-state index contributed by atoms with van der Waals surface area (Å²) in [5.41, 5.74) is -0.419. The fraction of sp³-hybridized carbons (Fsp3) is 0.267. The van der Waals surface area contributed by atoms with Gasteiger partial charge in [-0.1, -0.05) is 30.2 Å². The van der Waals surface area contributed by atoms with Crippen molar-refractivity contribution < 1.29 is 15.0 Å². The van der Waals surface area contributed by atoms with Crippen LogP contribution in [0.2, 0.25) is 5.02 Å². The minimum Gasteiger partial charge on any atom is -0.508 e. The van der Waals surface area contributed by atoms with Crippen molar-refractivity contribution in [1.29, 1.82) is 0 Å². The highest BCUT2D eigenvalue weighted by Gasteiger charge is 2.48. The number of carboxylic acid groups (broad SMARTS) is 1. The minimum atomic E-state index is -0.947. The molecule has 98 valence electrons. The summed E-state index contributed by atoms with van der Waals surface area (Å²) in [5, 5.41) is 21.9. The SMILES string of the molecule is O=C(O)C1(c2c(O)ccc3cc(Cl)ccc23)CCC1. The summed E-state index contributed by atoms with van der Waals surface area (Å²) in [7, 11) is 0. The van der Waals surface area contributed by atoms with Gasteiger partial charge in [-0.2, -0.15) is 0 Å². The average molecular weight is 277 g/mol. The topological polar surface area (TPSA) is 57.5 Å². The van der Waals surface area contributed by atoms with Crippen LogP contribution in [0, 0.1) is 0 Å². The zero-order valence-electron chi connectivity index (χ0n) is 10.2. The van der Waals surface area contributed by atoms with Gasteiger partial charge in [0.1, 0.15) is 5.75 Å². The van der Waals surface area contributed by atoms with Crippen molar-refractivity contribution in [3.63, 3.8) is 0 Å². The van der Waals surface area contributed by atoms with Crippen LogP contribution in [0.15, 0.2) is 30.3 Å². The van der Waals surface area contributed by atoms with Crippen molar-refractivity contribution in [3.8, 4) is 5.75 Å². The summed E-state index contributed by atoms with van der Waals surface area (Å²) in [4.78, 5) is 11.6. The Morgan fingerprint density at radius 2 is 1.95 bits per heavy atom. The van der Waals surface area contributed by atoms with Crippen LogP contribution in [-0.2, 0) is 10.2 Å². The maximum absolute atomic E-state index is 11.6. The molecule has 4 heteroatoms. The van der Waals surface area contributed by atoms with Crippen LogP contribution in [0.25, 0.3) is 10.8 Å². The van der Waals surface area contributed by atoms with E-state index < -0.39 is 11.4 Å². The third-order valence-corrected chi connectivity index (χ3v) is 4.29. The summed E-state index contributed by atoms with van der Waals surface area (Å²) < 4.78 is 0. The Morgan fingerprint density at radius 3 is 2.53 bits per heavy atom.